The minimum Gasteiger partial charge on any atom is -0.381 e. The number of hydrogen-bond acceptors (Lipinski definition) is 1. The lowest BCUT2D eigenvalue weighted by atomic mass is 9.89. The summed E-state index contributed by atoms with van der Waals surface area (Å²) in [4.78, 5) is 0. The van der Waals surface area contributed by atoms with Crippen LogP contribution in [0.15, 0.2) is 36.1 Å². The lowest BCUT2D eigenvalue weighted by Crippen LogP contribution is -2.26. The molecule has 0 radical (unpaired) electrons. The van der Waals surface area contributed by atoms with Gasteiger partial charge in [0, 0.05) is 5.41 Å². The van der Waals surface area contributed by atoms with Crippen molar-refractivity contribution in [2.24, 2.45) is 5.41 Å². The Kier molecular flexibility index (Phi) is 0.914. The fraction of sp³-hybridized carbons (Fsp3) is 0.455. The summed E-state index contributed by atoms with van der Waals surface area (Å²) in [7, 11) is 0. The molecule has 0 aromatic rings. The van der Waals surface area contributed by atoms with Gasteiger partial charge in [-0.25, -0.2) is 0 Å². The molecule has 1 heterocycles. The highest BCUT2D eigenvalue weighted by Crippen LogP contribution is 2.67. The summed E-state index contributed by atoms with van der Waals surface area (Å²) in [6.45, 7) is 2.24. The van der Waals surface area contributed by atoms with Crippen LogP contribution in [-0.4, -0.2) is 5.54 Å². The van der Waals surface area contributed by atoms with Crippen LogP contribution in [0.1, 0.15) is 19.8 Å². The lowest BCUT2D eigenvalue weighted by Gasteiger charge is -2.16. The quantitative estimate of drug-likeness (QED) is 0.618. The maximum atomic E-state index is 3.50. The second-order valence-corrected chi connectivity index (χ2v) is 4.01. The standard InChI is InChI=1S/C11H13N/c1-2-9-7-12-11-6-4-3-5-10(9,11)8-11/h3-7,12H,2,8H2,1H3. The predicted octanol–water partition coefficient (Wildman–Crippen LogP) is 2.14. The van der Waals surface area contributed by atoms with E-state index in [1.165, 1.54) is 12.8 Å². The third kappa shape index (κ3) is 0.473. The molecule has 1 nitrogen and oxygen atoms in total. The number of nitrogens with one attached hydrogen (secondary N) is 1. The summed E-state index contributed by atoms with van der Waals surface area (Å²) in [5, 5.41) is 3.50. The van der Waals surface area contributed by atoms with E-state index < -0.39 is 0 Å². The summed E-state index contributed by atoms with van der Waals surface area (Å²) >= 11 is 0. The highest BCUT2D eigenvalue weighted by Gasteiger charge is 2.69. The van der Waals surface area contributed by atoms with Crippen molar-refractivity contribution in [3.8, 4) is 0 Å². The second-order valence-electron chi connectivity index (χ2n) is 4.01. The fourth-order valence-corrected chi connectivity index (χ4v) is 2.75. The Bertz CT molecular complexity index is 324. The monoisotopic (exact) mass is 159 g/mol. The fourth-order valence-electron chi connectivity index (χ4n) is 2.75. The Morgan fingerprint density at radius 1 is 1.42 bits per heavy atom. The maximum Gasteiger partial charge on any atom is 0.0695 e. The van der Waals surface area contributed by atoms with Gasteiger partial charge in [-0.3, -0.25) is 0 Å². The van der Waals surface area contributed by atoms with Crippen LogP contribution in [0.4, 0.5) is 0 Å². The molecule has 3 rings (SSSR count). The topological polar surface area (TPSA) is 12.0 Å². The zero-order chi connectivity index (χ0) is 8.23. The zero-order valence-electron chi connectivity index (χ0n) is 7.30. The van der Waals surface area contributed by atoms with Gasteiger partial charge in [-0.15, -0.1) is 0 Å². The minimum atomic E-state index is 0.299. The Hall–Kier alpha value is -0.980. The molecule has 1 fully saturated rings. The Morgan fingerprint density at radius 3 is 3.08 bits per heavy atom. The van der Waals surface area contributed by atoms with Crippen molar-refractivity contribution in [2.45, 2.75) is 25.3 Å². The van der Waals surface area contributed by atoms with Gasteiger partial charge in [0.1, 0.15) is 0 Å². The number of allylic oxidation sites excluding steroid dienone is 2. The second kappa shape index (κ2) is 1.68. The van der Waals surface area contributed by atoms with Crippen LogP contribution in [0, 0.1) is 5.41 Å². The SMILES string of the molecule is CCC1=CNC23C=CC=CC12C3. The first-order chi connectivity index (χ1) is 5.83. The lowest BCUT2D eigenvalue weighted by molar-refractivity contribution is 0.623. The van der Waals surface area contributed by atoms with Gasteiger partial charge in [-0.2, -0.15) is 0 Å². The van der Waals surface area contributed by atoms with E-state index in [0.717, 1.165) is 0 Å². The van der Waals surface area contributed by atoms with Crippen molar-refractivity contribution in [1.29, 1.82) is 0 Å². The summed E-state index contributed by atoms with van der Waals surface area (Å²) in [5.41, 5.74) is 2.26. The third-order valence-corrected chi connectivity index (χ3v) is 3.56. The van der Waals surface area contributed by atoms with Crippen LogP contribution in [0.3, 0.4) is 0 Å². The van der Waals surface area contributed by atoms with Gasteiger partial charge in [0.2, 0.25) is 0 Å². The molecule has 0 saturated heterocycles. The molecule has 0 amide bonds. The van der Waals surface area contributed by atoms with Crippen LogP contribution < -0.4 is 5.32 Å². The van der Waals surface area contributed by atoms with Gasteiger partial charge < -0.3 is 5.32 Å². The van der Waals surface area contributed by atoms with Crippen LogP contribution in [-0.2, 0) is 0 Å². The number of hydrogen-bond donors (Lipinski definition) is 1. The van der Waals surface area contributed by atoms with Crippen molar-refractivity contribution >= 4 is 0 Å². The molecule has 0 aromatic heterocycles. The molecule has 1 aliphatic heterocycles. The molecule has 62 valence electrons. The molecular formula is C11H13N. The van der Waals surface area contributed by atoms with Gasteiger partial charge in [0.25, 0.3) is 0 Å². The van der Waals surface area contributed by atoms with Crippen LogP contribution in [0.5, 0.6) is 0 Å². The average molecular weight is 159 g/mol. The predicted molar refractivity (Wildman–Crippen MR) is 49.6 cm³/mol. The summed E-state index contributed by atoms with van der Waals surface area (Å²) in [6, 6.07) is 0. The largest absolute Gasteiger partial charge is 0.381 e. The van der Waals surface area contributed by atoms with Gasteiger partial charge >= 0.3 is 0 Å². The normalized spacial score (nSPS) is 46.2. The molecule has 0 spiro atoms. The molecule has 1 N–H and O–H groups in total. The molecule has 1 saturated carbocycles. The van der Waals surface area contributed by atoms with Crippen molar-refractivity contribution in [3.63, 3.8) is 0 Å². The molecule has 1 heteroatoms. The molecule has 2 unspecified atom stereocenters. The molecule has 3 aliphatic rings. The first-order valence-corrected chi connectivity index (χ1v) is 4.67. The molecule has 0 aromatic carbocycles. The Morgan fingerprint density at radius 2 is 2.25 bits per heavy atom. The summed E-state index contributed by atoms with van der Waals surface area (Å²) < 4.78 is 0. The molecule has 2 atom stereocenters. The minimum absolute atomic E-state index is 0.299. The van der Waals surface area contributed by atoms with Crippen LogP contribution >= 0.6 is 0 Å². The van der Waals surface area contributed by atoms with E-state index in [4.69, 9.17) is 0 Å². The zero-order valence-corrected chi connectivity index (χ0v) is 7.30. The maximum absolute atomic E-state index is 3.50. The van der Waals surface area contributed by atoms with Gasteiger partial charge in [-0.1, -0.05) is 31.2 Å². The van der Waals surface area contributed by atoms with E-state index in [2.05, 4.69) is 42.7 Å². The Labute approximate surface area is 72.9 Å². The Balaban J connectivity index is 2.09. The highest BCUT2D eigenvalue weighted by atomic mass is 15.1. The first kappa shape index (κ1) is 6.53. The van der Waals surface area contributed by atoms with Crippen molar-refractivity contribution < 1.29 is 0 Å². The summed E-state index contributed by atoms with van der Waals surface area (Å²) in [6.07, 6.45) is 13.7. The van der Waals surface area contributed by atoms with E-state index in [1.807, 2.05) is 0 Å². The van der Waals surface area contributed by atoms with E-state index in [1.54, 1.807) is 5.57 Å². The molecule has 0 bridgehead atoms. The van der Waals surface area contributed by atoms with E-state index >= 15 is 0 Å². The highest BCUT2D eigenvalue weighted by molar-refractivity contribution is 5.54. The molecular weight excluding hydrogens is 146 g/mol. The van der Waals surface area contributed by atoms with Crippen molar-refractivity contribution in [3.05, 3.63) is 36.1 Å². The van der Waals surface area contributed by atoms with Gasteiger partial charge in [0.15, 0.2) is 0 Å². The van der Waals surface area contributed by atoms with Crippen molar-refractivity contribution in [2.75, 3.05) is 0 Å². The molecule has 12 heavy (non-hydrogen) atoms. The van der Waals surface area contributed by atoms with Gasteiger partial charge in [-0.05, 0) is 24.6 Å². The van der Waals surface area contributed by atoms with E-state index in [-0.39, 0.29) is 0 Å². The number of rotatable bonds is 1. The van der Waals surface area contributed by atoms with Crippen LogP contribution in [0.2, 0.25) is 0 Å². The first-order valence-electron chi connectivity index (χ1n) is 4.67. The molecule has 2 aliphatic carbocycles. The van der Waals surface area contributed by atoms with E-state index in [0.29, 0.717) is 11.0 Å². The van der Waals surface area contributed by atoms with Gasteiger partial charge in [0.05, 0.1) is 5.54 Å². The average Bonchev–Trinajstić information content (AvgIpc) is 2.67. The third-order valence-electron chi connectivity index (χ3n) is 3.56. The van der Waals surface area contributed by atoms with Crippen LogP contribution in [0.25, 0.3) is 0 Å². The van der Waals surface area contributed by atoms with E-state index in [9.17, 15) is 0 Å². The van der Waals surface area contributed by atoms with Crippen molar-refractivity contribution in [1.82, 2.24) is 5.32 Å². The smallest absolute Gasteiger partial charge is 0.0695 e. The summed E-state index contributed by atoms with van der Waals surface area (Å²) in [5.74, 6) is 0.